The topological polar surface area (TPSA) is 98.6 Å². The van der Waals surface area contributed by atoms with Crippen LogP contribution in [0.1, 0.15) is 37.1 Å². The predicted molar refractivity (Wildman–Crippen MR) is 114 cm³/mol. The third-order valence-electron chi connectivity index (χ3n) is 5.31. The quantitative estimate of drug-likeness (QED) is 0.670. The Bertz CT molecular complexity index is 974. The minimum atomic E-state index is -3.36. The van der Waals surface area contributed by atoms with Crippen LogP contribution in [-0.2, 0) is 29.5 Å². The highest BCUT2D eigenvalue weighted by molar-refractivity contribution is 7.88. The van der Waals surface area contributed by atoms with E-state index in [1.165, 1.54) is 6.26 Å². The molecule has 1 aromatic carbocycles. The first-order valence-corrected chi connectivity index (χ1v) is 11.9. The van der Waals surface area contributed by atoms with E-state index in [4.69, 9.17) is 9.47 Å². The number of rotatable bonds is 8. The highest BCUT2D eigenvalue weighted by Gasteiger charge is 2.28. The van der Waals surface area contributed by atoms with Crippen molar-refractivity contribution in [2.45, 2.75) is 39.4 Å². The van der Waals surface area contributed by atoms with Gasteiger partial charge in [-0.3, -0.25) is 4.90 Å². The molecule has 2 heterocycles. The summed E-state index contributed by atoms with van der Waals surface area (Å²) in [5, 5.41) is 8.69. The molecule has 0 fully saturated rings. The number of aromatic nitrogens is 3. The highest BCUT2D eigenvalue weighted by Crippen LogP contribution is 2.27. The van der Waals surface area contributed by atoms with E-state index in [2.05, 4.69) is 24.4 Å². The minimum Gasteiger partial charge on any atom is -0.497 e. The third-order valence-corrected chi connectivity index (χ3v) is 6.00. The minimum absolute atomic E-state index is 0.0495. The number of benzene rings is 1. The molecule has 1 aliphatic heterocycles. The molecule has 0 spiro atoms. The number of nitrogens with zero attached hydrogens (tertiary/aromatic N) is 4. The Balaban J connectivity index is 1.78. The lowest BCUT2D eigenvalue weighted by Gasteiger charge is -2.23. The molecular weight excluding hydrogens is 406 g/mol. The Kier molecular flexibility index (Phi) is 6.99. The van der Waals surface area contributed by atoms with Crippen molar-refractivity contribution in [3.63, 3.8) is 0 Å². The summed E-state index contributed by atoms with van der Waals surface area (Å²) in [5.41, 5.74) is 1.06. The molecule has 9 nitrogen and oxygen atoms in total. The van der Waals surface area contributed by atoms with Gasteiger partial charge < -0.3 is 14.0 Å². The van der Waals surface area contributed by atoms with Gasteiger partial charge in [0.15, 0.2) is 5.82 Å². The van der Waals surface area contributed by atoms with Gasteiger partial charge in [0.25, 0.3) is 0 Å². The molecule has 0 radical (unpaired) electrons. The average Bonchev–Trinajstić information content (AvgIpc) is 2.99. The van der Waals surface area contributed by atoms with E-state index in [-0.39, 0.29) is 5.92 Å². The first-order chi connectivity index (χ1) is 14.2. The van der Waals surface area contributed by atoms with Crippen LogP contribution in [0.15, 0.2) is 18.2 Å². The average molecular weight is 438 g/mol. The summed E-state index contributed by atoms with van der Waals surface area (Å²) in [5.74, 6) is 3.23. The van der Waals surface area contributed by atoms with Crippen LogP contribution in [-0.4, -0.2) is 61.6 Å². The monoisotopic (exact) mass is 437 g/mol. The van der Waals surface area contributed by atoms with E-state index >= 15 is 0 Å². The maximum absolute atomic E-state index is 11.8. The Hall–Kier alpha value is -2.17. The van der Waals surface area contributed by atoms with Crippen molar-refractivity contribution in [1.29, 1.82) is 0 Å². The molecule has 1 N–H and O–H groups in total. The lowest BCUT2D eigenvalue weighted by Crippen LogP contribution is -2.33. The van der Waals surface area contributed by atoms with Crippen molar-refractivity contribution in [3.05, 3.63) is 35.4 Å². The van der Waals surface area contributed by atoms with Gasteiger partial charge >= 0.3 is 0 Å². The summed E-state index contributed by atoms with van der Waals surface area (Å²) in [7, 11) is -0.0409. The summed E-state index contributed by atoms with van der Waals surface area (Å²) in [6.07, 6.45) is 1.91. The van der Waals surface area contributed by atoms with Crippen LogP contribution in [0.5, 0.6) is 11.5 Å². The van der Waals surface area contributed by atoms with Crippen molar-refractivity contribution in [3.8, 4) is 11.5 Å². The third kappa shape index (κ3) is 5.30. The molecule has 0 bridgehead atoms. The second kappa shape index (κ2) is 9.32. The van der Waals surface area contributed by atoms with Gasteiger partial charge in [-0.25, -0.2) is 13.1 Å². The van der Waals surface area contributed by atoms with Gasteiger partial charge in [-0.1, -0.05) is 13.8 Å². The van der Waals surface area contributed by atoms with Gasteiger partial charge in [0.2, 0.25) is 10.0 Å². The first-order valence-electron chi connectivity index (χ1n) is 10.0. The zero-order valence-electron chi connectivity index (χ0n) is 18.3. The molecule has 0 unspecified atom stereocenters. The number of hydrogen-bond donors (Lipinski definition) is 1. The van der Waals surface area contributed by atoms with Crippen LogP contribution in [0.2, 0.25) is 0 Å². The van der Waals surface area contributed by atoms with Crippen LogP contribution in [0, 0.1) is 5.92 Å². The van der Waals surface area contributed by atoms with Gasteiger partial charge in [-0.15, -0.1) is 10.2 Å². The molecule has 1 atom stereocenters. The van der Waals surface area contributed by atoms with Crippen LogP contribution < -0.4 is 14.2 Å². The van der Waals surface area contributed by atoms with Crippen molar-refractivity contribution in [2.75, 3.05) is 33.6 Å². The fourth-order valence-electron chi connectivity index (χ4n) is 3.74. The maximum atomic E-state index is 11.8. The van der Waals surface area contributed by atoms with E-state index in [1.807, 2.05) is 32.0 Å². The molecule has 30 heavy (non-hydrogen) atoms. The second-order valence-electron chi connectivity index (χ2n) is 7.94. The molecule has 1 aliphatic rings. The normalized spacial score (nSPS) is 16.2. The van der Waals surface area contributed by atoms with Crippen molar-refractivity contribution in [1.82, 2.24) is 24.4 Å². The van der Waals surface area contributed by atoms with Gasteiger partial charge in [0, 0.05) is 38.2 Å². The predicted octanol–water partition coefficient (Wildman–Crippen LogP) is 1.60. The van der Waals surface area contributed by atoms with Gasteiger partial charge in [0.05, 0.1) is 26.5 Å². The number of nitrogens with one attached hydrogen (secondary N) is 1. The molecule has 3 rings (SSSR count). The molecule has 0 saturated carbocycles. The largest absolute Gasteiger partial charge is 0.497 e. The molecule has 2 aromatic rings. The zero-order valence-corrected chi connectivity index (χ0v) is 19.1. The van der Waals surface area contributed by atoms with Crippen LogP contribution in [0.3, 0.4) is 0 Å². The van der Waals surface area contributed by atoms with Gasteiger partial charge in [0.1, 0.15) is 17.3 Å². The fraction of sp³-hybridized carbons (Fsp3) is 0.600. The fourth-order valence-corrected chi connectivity index (χ4v) is 4.58. The van der Waals surface area contributed by atoms with Crippen molar-refractivity contribution in [2.24, 2.45) is 5.92 Å². The smallest absolute Gasteiger partial charge is 0.209 e. The number of hydrogen-bond acceptors (Lipinski definition) is 7. The molecule has 0 amide bonds. The second-order valence-corrected chi connectivity index (χ2v) is 9.72. The Morgan fingerprint density at radius 3 is 2.53 bits per heavy atom. The van der Waals surface area contributed by atoms with Crippen LogP contribution >= 0.6 is 0 Å². The first kappa shape index (κ1) is 22.5. The van der Waals surface area contributed by atoms with E-state index < -0.39 is 16.1 Å². The van der Waals surface area contributed by atoms with E-state index in [0.29, 0.717) is 12.4 Å². The number of methoxy groups -OCH3 is 2. The summed E-state index contributed by atoms with van der Waals surface area (Å²) >= 11 is 0. The van der Waals surface area contributed by atoms with Crippen molar-refractivity contribution >= 4 is 10.0 Å². The van der Waals surface area contributed by atoms with E-state index in [9.17, 15) is 8.42 Å². The Morgan fingerprint density at radius 2 is 1.90 bits per heavy atom. The summed E-state index contributed by atoms with van der Waals surface area (Å²) in [4.78, 5) is 2.34. The van der Waals surface area contributed by atoms with Crippen LogP contribution in [0.25, 0.3) is 0 Å². The summed E-state index contributed by atoms with van der Waals surface area (Å²) in [6, 6.07) is 5.40. The number of ether oxygens (including phenoxy) is 2. The van der Waals surface area contributed by atoms with Crippen molar-refractivity contribution < 1.29 is 17.9 Å². The Morgan fingerprint density at radius 1 is 1.13 bits per heavy atom. The molecule has 10 heteroatoms. The number of sulfonamides is 1. The summed E-state index contributed by atoms with van der Waals surface area (Å²) in [6.45, 7) is 6.99. The lowest BCUT2D eigenvalue weighted by atomic mass is 10.1. The highest BCUT2D eigenvalue weighted by atomic mass is 32.2. The lowest BCUT2D eigenvalue weighted by molar-refractivity contribution is 0.263. The molecule has 1 aromatic heterocycles. The molecule has 0 aliphatic carbocycles. The van der Waals surface area contributed by atoms with Gasteiger partial charge in [-0.05, 0) is 24.1 Å². The molecular formula is C20H31N5O4S. The molecule has 0 saturated heterocycles. The maximum Gasteiger partial charge on any atom is 0.209 e. The van der Waals surface area contributed by atoms with Crippen LogP contribution in [0.4, 0.5) is 0 Å². The Labute approximate surface area is 178 Å². The molecule has 166 valence electrons. The summed E-state index contributed by atoms with van der Waals surface area (Å²) < 4.78 is 39.3. The van der Waals surface area contributed by atoms with E-state index in [1.54, 1.807) is 14.2 Å². The van der Waals surface area contributed by atoms with E-state index in [0.717, 1.165) is 48.9 Å². The zero-order chi connectivity index (χ0) is 21.9. The number of fused-ring (bicyclic) bond motifs is 1. The van der Waals surface area contributed by atoms with Gasteiger partial charge in [-0.2, -0.15) is 0 Å². The standard InChI is InChI=1S/C20H31N5O4S/c1-14(2)19(23-30(5,26)27)20-22-21-18-8-9-24(10-11-25(18)20)13-15-12-16(28-3)6-7-17(15)29-4/h6-7,12,14,19,23H,8-11,13H2,1-5H3/t19-/m1/s1. The SMILES string of the molecule is COc1ccc(OC)c(CN2CCc3nnc([C@H](NS(C)(=O)=O)C(C)C)n3CC2)c1.